The third-order valence-corrected chi connectivity index (χ3v) is 4.94. The Morgan fingerprint density at radius 2 is 1.45 bits per heavy atom. The molecule has 5 unspecified atom stereocenters. The minimum atomic E-state index is -1.59. The van der Waals surface area contributed by atoms with Gasteiger partial charge in [-0.3, -0.25) is 19.2 Å². The van der Waals surface area contributed by atoms with Crippen LogP contribution in [0.2, 0.25) is 0 Å². The van der Waals surface area contributed by atoms with Crippen molar-refractivity contribution in [3.05, 3.63) is 35.9 Å². The Morgan fingerprint density at radius 3 is 1.94 bits per heavy atom. The van der Waals surface area contributed by atoms with Gasteiger partial charge in [-0.05, 0) is 12.5 Å². The molecule has 1 aromatic carbocycles. The Kier molecular flexibility index (Phi) is 11.3. The van der Waals surface area contributed by atoms with Crippen molar-refractivity contribution in [1.82, 2.24) is 16.0 Å². The number of aliphatic hydroxyl groups is 1. The molecule has 0 aromatic heterocycles. The fourth-order valence-electron chi connectivity index (χ4n) is 2.69. The number of primary amides is 1. The molecule has 13 heteroatoms. The molecular formula is C20H29N5O7S. The lowest BCUT2D eigenvalue weighted by Gasteiger charge is -2.25. The molecule has 0 bridgehead atoms. The summed E-state index contributed by atoms with van der Waals surface area (Å²) in [6.07, 6.45) is -1.81. The van der Waals surface area contributed by atoms with Gasteiger partial charge in [-0.1, -0.05) is 30.3 Å². The van der Waals surface area contributed by atoms with Crippen LogP contribution in [-0.4, -0.2) is 75.8 Å². The lowest BCUT2D eigenvalue weighted by Crippen LogP contribution is -2.59. The van der Waals surface area contributed by atoms with Gasteiger partial charge >= 0.3 is 5.97 Å². The number of amides is 4. The average molecular weight is 484 g/mol. The lowest BCUT2D eigenvalue weighted by molar-refractivity contribution is -0.143. The van der Waals surface area contributed by atoms with E-state index in [0.29, 0.717) is 5.56 Å². The van der Waals surface area contributed by atoms with Gasteiger partial charge in [-0.25, -0.2) is 4.79 Å². The fraction of sp³-hybridized carbons (Fsp3) is 0.450. The Balaban J connectivity index is 3.04. The summed E-state index contributed by atoms with van der Waals surface area (Å²) in [4.78, 5) is 60.2. The highest BCUT2D eigenvalue weighted by Crippen LogP contribution is 2.06. The fourth-order valence-corrected chi connectivity index (χ4v) is 2.94. The third-order valence-electron chi connectivity index (χ3n) is 4.57. The maximum absolute atomic E-state index is 12.8. The van der Waals surface area contributed by atoms with Gasteiger partial charge in [0.1, 0.15) is 24.2 Å². The molecule has 0 aliphatic rings. The Morgan fingerprint density at radius 1 is 0.939 bits per heavy atom. The number of rotatable bonds is 13. The molecule has 0 aliphatic carbocycles. The topological polar surface area (TPSA) is 214 Å². The highest BCUT2D eigenvalue weighted by molar-refractivity contribution is 7.80. The first kappa shape index (κ1) is 27.9. The van der Waals surface area contributed by atoms with Crippen molar-refractivity contribution in [2.75, 3.05) is 5.75 Å². The van der Waals surface area contributed by atoms with Crippen molar-refractivity contribution >= 4 is 42.2 Å². The summed E-state index contributed by atoms with van der Waals surface area (Å²) in [5.74, 6) is -5.00. The summed E-state index contributed by atoms with van der Waals surface area (Å²) in [7, 11) is 0. The third kappa shape index (κ3) is 9.47. The summed E-state index contributed by atoms with van der Waals surface area (Å²) < 4.78 is 0. The molecule has 1 aromatic rings. The van der Waals surface area contributed by atoms with E-state index < -0.39 is 66.3 Å². The van der Waals surface area contributed by atoms with Crippen LogP contribution in [0.5, 0.6) is 0 Å². The predicted octanol–water partition coefficient (Wildman–Crippen LogP) is -2.72. The molecule has 0 saturated heterocycles. The van der Waals surface area contributed by atoms with Crippen LogP contribution in [0.1, 0.15) is 18.9 Å². The van der Waals surface area contributed by atoms with Crippen LogP contribution in [-0.2, 0) is 30.4 Å². The number of carboxylic acid groups (broad SMARTS) is 1. The number of benzene rings is 1. The SMILES string of the molecule is CC(O)C(N)C(=O)NC(CS)C(=O)NC(Cc1ccccc1)C(=O)NC(CC(N)=O)C(=O)O. The summed E-state index contributed by atoms with van der Waals surface area (Å²) >= 11 is 4.03. The molecular weight excluding hydrogens is 454 g/mol. The van der Waals surface area contributed by atoms with Crippen LogP contribution in [0.3, 0.4) is 0 Å². The van der Waals surface area contributed by atoms with E-state index in [1.807, 2.05) is 0 Å². The molecule has 0 spiro atoms. The average Bonchev–Trinajstić information content (AvgIpc) is 2.75. The molecule has 9 N–H and O–H groups in total. The number of carboxylic acids is 1. The summed E-state index contributed by atoms with van der Waals surface area (Å²) in [6.45, 7) is 1.31. The number of aliphatic carboxylic acids is 1. The van der Waals surface area contributed by atoms with Crippen molar-refractivity contribution in [2.24, 2.45) is 11.5 Å². The monoisotopic (exact) mass is 483 g/mol. The van der Waals surface area contributed by atoms with E-state index in [9.17, 15) is 34.2 Å². The number of carbonyl (C=O) groups excluding carboxylic acids is 4. The molecule has 1 rings (SSSR count). The quantitative estimate of drug-likeness (QED) is 0.138. The van der Waals surface area contributed by atoms with E-state index in [2.05, 4.69) is 28.6 Å². The van der Waals surface area contributed by atoms with Gasteiger partial charge in [0.25, 0.3) is 0 Å². The molecule has 12 nitrogen and oxygen atoms in total. The van der Waals surface area contributed by atoms with E-state index in [1.165, 1.54) is 6.92 Å². The molecule has 182 valence electrons. The normalized spacial score (nSPS) is 15.3. The number of nitrogens with one attached hydrogen (secondary N) is 3. The van der Waals surface area contributed by atoms with Crippen LogP contribution in [0.25, 0.3) is 0 Å². The van der Waals surface area contributed by atoms with Gasteiger partial charge in [-0.2, -0.15) is 12.6 Å². The standard InChI is InChI=1S/C20H29N5O7S/c1-10(26)16(22)19(30)25-14(9-33)18(29)23-12(7-11-5-3-2-4-6-11)17(28)24-13(20(31)32)8-15(21)27/h2-6,10,12-14,16,26,33H,7-9,22H2,1H3,(H2,21,27)(H,23,29)(H,24,28)(H,25,30)(H,31,32). The molecule has 0 radical (unpaired) electrons. The molecule has 0 heterocycles. The van der Waals surface area contributed by atoms with E-state index in [1.54, 1.807) is 30.3 Å². The van der Waals surface area contributed by atoms with Gasteiger partial charge in [0.15, 0.2) is 0 Å². The first-order valence-corrected chi connectivity index (χ1v) is 10.6. The number of nitrogens with two attached hydrogens (primary N) is 2. The van der Waals surface area contributed by atoms with Crippen LogP contribution in [0.15, 0.2) is 30.3 Å². The maximum atomic E-state index is 12.8. The van der Waals surface area contributed by atoms with Gasteiger partial charge in [0.05, 0.1) is 12.5 Å². The van der Waals surface area contributed by atoms with Gasteiger partial charge in [0, 0.05) is 12.2 Å². The van der Waals surface area contributed by atoms with Crippen molar-refractivity contribution in [1.29, 1.82) is 0 Å². The highest BCUT2D eigenvalue weighted by Gasteiger charge is 2.31. The van der Waals surface area contributed by atoms with Crippen LogP contribution >= 0.6 is 12.6 Å². The molecule has 0 saturated carbocycles. The zero-order chi connectivity index (χ0) is 25.1. The van der Waals surface area contributed by atoms with E-state index >= 15 is 0 Å². The predicted molar refractivity (Wildman–Crippen MR) is 121 cm³/mol. The van der Waals surface area contributed by atoms with Crippen molar-refractivity contribution < 1.29 is 34.2 Å². The van der Waals surface area contributed by atoms with Crippen LogP contribution in [0.4, 0.5) is 0 Å². The Hall–Kier alpha value is -3.16. The highest BCUT2D eigenvalue weighted by atomic mass is 32.1. The number of thiol groups is 1. The second-order valence-electron chi connectivity index (χ2n) is 7.33. The Labute approximate surface area is 195 Å². The summed E-state index contributed by atoms with van der Waals surface area (Å²) in [6, 6.07) is 3.26. The number of carbonyl (C=O) groups is 5. The van der Waals surface area contributed by atoms with Crippen LogP contribution < -0.4 is 27.4 Å². The number of aliphatic hydroxyl groups excluding tert-OH is 1. The van der Waals surface area contributed by atoms with E-state index in [4.69, 9.17) is 11.5 Å². The number of hydrogen-bond acceptors (Lipinski definition) is 8. The largest absolute Gasteiger partial charge is 0.480 e. The minimum absolute atomic E-state index is 0.0122. The van der Waals surface area contributed by atoms with Gasteiger partial charge in [0.2, 0.25) is 23.6 Å². The molecule has 5 atom stereocenters. The molecule has 4 amide bonds. The summed E-state index contributed by atoms with van der Waals surface area (Å²) in [5.41, 5.74) is 11.3. The van der Waals surface area contributed by atoms with Crippen molar-refractivity contribution in [3.63, 3.8) is 0 Å². The van der Waals surface area contributed by atoms with Crippen molar-refractivity contribution in [2.45, 2.75) is 50.0 Å². The van der Waals surface area contributed by atoms with E-state index in [-0.39, 0.29) is 12.2 Å². The maximum Gasteiger partial charge on any atom is 0.326 e. The van der Waals surface area contributed by atoms with Crippen molar-refractivity contribution in [3.8, 4) is 0 Å². The van der Waals surface area contributed by atoms with Crippen LogP contribution in [0, 0.1) is 0 Å². The molecule has 33 heavy (non-hydrogen) atoms. The number of hydrogen-bond donors (Lipinski definition) is 8. The first-order valence-electron chi connectivity index (χ1n) is 9.96. The minimum Gasteiger partial charge on any atom is -0.480 e. The second-order valence-corrected chi connectivity index (χ2v) is 7.70. The molecule has 0 aliphatic heterocycles. The zero-order valence-corrected chi connectivity index (χ0v) is 18.8. The van der Waals surface area contributed by atoms with Gasteiger partial charge in [-0.15, -0.1) is 0 Å². The summed E-state index contributed by atoms with van der Waals surface area (Å²) in [5, 5.41) is 25.7. The zero-order valence-electron chi connectivity index (χ0n) is 17.9. The first-order chi connectivity index (χ1) is 15.5. The smallest absolute Gasteiger partial charge is 0.326 e. The Bertz CT molecular complexity index is 852. The van der Waals surface area contributed by atoms with Gasteiger partial charge < -0.3 is 37.6 Å². The van der Waals surface area contributed by atoms with E-state index in [0.717, 1.165) is 0 Å². The second kappa shape index (κ2) is 13.4. The lowest BCUT2D eigenvalue weighted by atomic mass is 10.0. The molecule has 0 fully saturated rings.